The van der Waals surface area contributed by atoms with Gasteiger partial charge in [-0.25, -0.2) is 0 Å². The summed E-state index contributed by atoms with van der Waals surface area (Å²) >= 11 is 0. The van der Waals surface area contributed by atoms with Crippen LogP contribution < -0.4 is 15.3 Å². The molecule has 0 rings (SSSR count). The molecule has 0 spiro atoms. The third kappa shape index (κ3) is 8.73. The molecule has 0 amide bonds. The monoisotopic (exact) mass is 695 g/mol. The number of carbonyl (C=O) groups is 3. The molecule has 0 heterocycles. The molecule has 0 aromatic heterocycles. The summed E-state index contributed by atoms with van der Waals surface area (Å²) in [5, 5.41) is 27.8. The van der Waals surface area contributed by atoms with E-state index < -0.39 is 72.0 Å². The molecule has 40 heavy (non-hydrogen) atoms. The van der Waals surface area contributed by atoms with Crippen LogP contribution in [0.3, 0.4) is 0 Å². The smallest absolute Gasteiger partial charge is 0.544 e. The van der Waals surface area contributed by atoms with Crippen molar-refractivity contribution in [1.29, 1.82) is 0 Å². The molecule has 0 unspecified atom stereocenters. The van der Waals surface area contributed by atoms with Gasteiger partial charge in [0.2, 0.25) is 0 Å². The second kappa shape index (κ2) is 12.5. The molecular weight excluding hydrogens is 695 g/mol. The Bertz CT molecular complexity index is 772. The zero-order valence-corrected chi connectivity index (χ0v) is 17.8. The first-order valence-electron chi connectivity index (χ1n) is 7.44. The van der Waals surface area contributed by atoms with Gasteiger partial charge in [-0.15, -0.1) is 0 Å². The minimum atomic E-state index is -6.64. The summed E-state index contributed by atoms with van der Waals surface area (Å²) in [6.45, 7) is 0. The van der Waals surface area contributed by atoms with Crippen LogP contribution in [0.15, 0.2) is 0 Å². The number of aliphatic carboxylic acids is 3. The van der Waals surface area contributed by atoms with E-state index in [1.165, 1.54) is 0 Å². The fourth-order valence-corrected chi connectivity index (χ4v) is 0.919. The van der Waals surface area contributed by atoms with Crippen LogP contribution in [0.1, 0.15) is 0 Å². The molecule has 0 aliphatic rings. The molecule has 0 saturated carbocycles. The number of halogens is 21. The predicted octanol–water partition coefficient (Wildman–Crippen LogP) is 1.71. The Morgan fingerprint density at radius 2 is 0.425 bits per heavy atom. The van der Waals surface area contributed by atoms with E-state index in [0.29, 0.717) is 0 Å². The first-order valence-corrected chi connectivity index (χ1v) is 7.44. The van der Waals surface area contributed by atoms with Crippen molar-refractivity contribution in [3.8, 4) is 0 Å². The minimum absolute atomic E-state index is 0. The van der Waals surface area contributed by atoms with Crippen LogP contribution in [-0.2, 0) is 31.5 Å². The van der Waals surface area contributed by atoms with E-state index in [4.69, 9.17) is 0 Å². The topological polar surface area (TPSA) is 120 Å². The summed E-state index contributed by atoms with van der Waals surface area (Å²) < 4.78 is 241. The van der Waals surface area contributed by atoms with Crippen molar-refractivity contribution >= 4 is 17.9 Å². The van der Waals surface area contributed by atoms with Crippen LogP contribution in [0, 0.1) is 0 Å². The van der Waals surface area contributed by atoms with Gasteiger partial charge < -0.3 is 29.7 Å². The fourth-order valence-electron chi connectivity index (χ4n) is 0.919. The van der Waals surface area contributed by atoms with Crippen molar-refractivity contribution in [3.05, 3.63) is 0 Å². The Kier molecular flexibility index (Phi) is 13.9. The molecule has 1 radical (unpaired) electrons. The van der Waals surface area contributed by atoms with E-state index in [1.807, 2.05) is 0 Å². The average Bonchev–Trinajstić information content (AvgIpc) is 2.65. The van der Waals surface area contributed by atoms with E-state index in [2.05, 4.69) is 0 Å². The molecule has 0 fully saturated rings. The molecule has 6 nitrogen and oxygen atoms in total. The van der Waals surface area contributed by atoms with Crippen molar-refractivity contribution in [2.24, 2.45) is 0 Å². The summed E-state index contributed by atoms with van der Waals surface area (Å²) in [5.41, 5.74) is 0. The molecule has 0 saturated heterocycles. The van der Waals surface area contributed by atoms with Crippen LogP contribution in [0.2, 0.25) is 0 Å². The summed E-state index contributed by atoms with van der Waals surface area (Å²) in [7, 11) is 0. The maximum atomic E-state index is 11.7. The number of alkyl halides is 21. The zero-order chi connectivity index (χ0) is 33.2. The van der Waals surface area contributed by atoms with E-state index in [-0.39, 0.29) is 17.1 Å². The van der Waals surface area contributed by atoms with Gasteiger partial charge in [-0.05, 0) is 0 Å². The van der Waals surface area contributed by atoms with E-state index in [0.717, 1.165) is 0 Å². The van der Waals surface area contributed by atoms with E-state index >= 15 is 0 Å². The van der Waals surface area contributed by atoms with Crippen molar-refractivity contribution < 1.29 is 139 Å². The quantitative estimate of drug-likeness (QED) is 0.309. The van der Waals surface area contributed by atoms with Crippen LogP contribution in [0.4, 0.5) is 92.2 Å². The Morgan fingerprint density at radius 1 is 0.325 bits per heavy atom. The molecule has 0 aliphatic heterocycles. The number of carboxylic acid groups (broad SMARTS) is 3. The number of carboxylic acids is 3. The maximum Gasteiger partial charge on any atom is 3.00 e. The standard InChI is InChI=1S/3C4HF7O2.Fe/c3*5-2(6,1(12)13)3(7,8)4(9,10)11;/h3*(H,12,13);/q;;;+3/p-3. The first-order chi connectivity index (χ1) is 16.3. The first kappa shape index (κ1) is 44.5. The van der Waals surface area contributed by atoms with Crippen LogP contribution >= 0.6 is 0 Å². The third-order valence-corrected chi connectivity index (χ3v) is 3.02. The predicted molar refractivity (Wildman–Crippen MR) is 62.9 cm³/mol. The summed E-state index contributed by atoms with van der Waals surface area (Å²) in [6, 6.07) is 0. The van der Waals surface area contributed by atoms with Crippen molar-refractivity contribution in [1.82, 2.24) is 0 Å². The molecule has 0 bridgehead atoms. The van der Waals surface area contributed by atoms with Gasteiger partial charge in [-0.1, -0.05) is 0 Å². The van der Waals surface area contributed by atoms with Gasteiger partial charge in [0.1, 0.15) is 17.9 Å². The Labute approximate surface area is 212 Å². The van der Waals surface area contributed by atoms with Gasteiger partial charge in [0.05, 0.1) is 0 Å². The van der Waals surface area contributed by atoms with Crippen LogP contribution in [0.5, 0.6) is 0 Å². The van der Waals surface area contributed by atoms with Gasteiger partial charge >= 0.3 is 71.1 Å². The minimum Gasteiger partial charge on any atom is -0.544 e. The van der Waals surface area contributed by atoms with Gasteiger partial charge in [-0.2, -0.15) is 92.2 Å². The zero-order valence-electron chi connectivity index (χ0n) is 16.7. The van der Waals surface area contributed by atoms with Crippen LogP contribution in [0.25, 0.3) is 0 Å². The average molecular weight is 695 g/mol. The summed E-state index contributed by atoms with van der Waals surface area (Å²) in [4.78, 5) is 27.8. The third-order valence-electron chi connectivity index (χ3n) is 3.02. The number of carbonyl (C=O) groups excluding carboxylic acids is 3. The molecule has 0 aromatic rings. The number of rotatable bonds is 6. The molecule has 28 heteroatoms. The number of hydrogen-bond donors (Lipinski definition) is 0. The second-order valence-electron chi connectivity index (χ2n) is 5.80. The Morgan fingerprint density at radius 3 is 0.450 bits per heavy atom. The summed E-state index contributed by atoms with van der Waals surface area (Å²) in [5.74, 6) is -50.1. The maximum absolute atomic E-state index is 11.7. The molecule has 0 N–H and O–H groups in total. The fraction of sp³-hybridized carbons (Fsp3) is 0.750. The van der Waals surface area contributed by atoms with Crippen molar-refractivity contribution in [3.63, 3.8) is 0 Å². The second-order valence-corrected chi connectivity index (χ2v) is 5.80. The Hall–Kier alpha value is -2.54. The normalized spacial score (nSPS) is 14.0. The summed E-state index contributed by atoms with van der Waals surface area (Å²) in [6.07, 6.45) is -19.9. The van der Waals surface area contributed by atoms with Gasteiger partial charge in [0, 0.05) is 0 Å². The van der Waals surface area contributed by atoms with Crippen molar-refractivity contribution in [2.45, 2.75) is 54.1 Å². The molecule has 0 atom stereocenters. The number of hydrogen-bond acceptors (Lipinski definition) is 6. The SMILES string of the molecule is O=C([O-])C(F)(F)C(F)(F)C(F)(F)F.O=C([O-])C(F)(F)C(F)(F)C(F)(F)F.O=C([O-])C(F)(F)C(F)(F)C(F)(F)F.[Fe+3]. The Balaban J connectivity index is -0.000000240. The van der Waals surface area contributed by atoms with Gasteiger partial charge in [0.15, 0.2) is 0 Å². The largest absolute Gasteiger partial charge is 3.00 e. The van der Waals surface area contributed by atoms with E-state index in [1.54, 1.807) is 0 Å². The molecule has 0 aromatic carbocycles. The van der Waals surface area contributed by atoms with Gasteiger partial charge in [0.25, 0.3) is 0 Å². The van der Waals surface area contributed by atoms with Crippen LogP contribution in [-0.4, -0.2) is 72.0 Å². The molecule has 0 aliphatic carbocycles. The van der Waals surface area contributed by atoms with Gasteiger partial charge in [-0.3, -0.25) is 0 Å². The van der Waals surface area contributed by atoms with E-state index in [9.17, 15) is 122 Å². The van der Waals surface area contributed by atoms with Crippen molar-refractivity contribution in [2.75, 3.05) is 0 Å². The molecular formula is C12F21FeO6. The molecule has 239 valence electrons.